The highest BCUT2D eigenvalue weighted by Crippen LogP contribution is 2.39. The Kier molecular flexibility index (Phi) is 11.7. The van der Waals surface area contributed by atoms with Gasteiger partial charge in [-0.25, -0.2) is 19.4 Å². The van der Waals surface area contributed by atoms with Gasteiger partial charge in [0, 0.05) is 33.0 Å². The molecular weight excluding hydrogens is 649 g/mol. The number of hydrogen-bond acceptors (Lipinski definition) is 11. The highest BCUT2D eigenvalue weighted by Gasteiger charge is 2.43. The summed E-state index contributed by atoms with van der Waals surface area (Å²) in [7, 11) is 1.52. The first-order chi connectivity index (χ1) is 22.4. The van der Waals surface area contributed by atoms with Gasteiger partial charge in [0.05, 0.1) is 36.2 Å². The lowest BCUT2D eigenvalue weighted by Gasteiger charge is -2.33. The molecule has 3 rings (SSSR count). The highest BCUT2D eigenvalue weighted by molar-refractivity contribution is 6.09. The zero-order valence-corrected chi connectivity index (χ0v) is 29.9. The number of carbonyl (C=O) groups excluding carboxylic acids is 3. The fourth-order valence-electron chi connectivity index (χ4n) is 4.94. The molecule has 272 valence electrons. The van der Waals surface area contributed by atoms with Gasteiger partial charge in [-0.1, -0.05) is 0 Å². The van der Waals surface area contributed by atoms with Gasteiger partial charge in [-0.05, 0) is 75.1 Å². The van der Waals surface area contributed by atoms with Crippen molar-refractivity contribution in [1.82, 2.24) is 9.88 Å². The van der Waals surface area contributed by atoms with Crippen molar-refractivity contribution in [2.24, 2.45) is 9.98 Å². The number of aromatic nitrogens is 1. The Bertz CT molecular complexity index is 1460. The van der Waals surface area contributed by atoms with Crippen LogP contribution in [-0.4, -0.2) is 96.9 Å². The van der Waals surface area contributed by atoms with Crippen LogP contribution in [0.1, 0.15) is 80.7 Å². The van der Waals surface area contributed by atoms with E-state index in [9.17, 15) is 27.6 Å². The lowest BCUT2D eigenvalue weighted by Crippen LogP contribution is -2.45. The van der Waals surface area contributed by atoms with Crippen molar-refractivity contribution in [3.05, 3.63) is 29.1 Å². The summed E-state index contributed by atoms with van der Waals surface area (Å²) in [5.41, 5.74) is -3.18. The second-order valence-corrected chi connectivity index (χ2v) is 14.6. The highest BCUT2D eigenvalue weighted by atomic mass is 19.4. The summed E-state index contributed by atoms with van der Waals surface area (Å²) < 4.78 is 66.1. The van der Waals surface area contributed by atoms with E-state index in [-0.39, 0.29) is 36.1 Å². The lowest BCUT2D eigenvalue weighted by atomic mass is 10.0. The van der Waals surface area contributed by atoms with Crippen LogP contribution in [0.15, 0.2) is 33.5 Å². The number of pyridine rings is 1. The summed E-state index contributed by atoms with van der Waals surface area (Å²) in [6.45, 7) is 19.0. The van der Waals surface area contributed by atoms with Crippen molar-refractivity contribution in [3.8, 4) is 0 Å². The topological polar surface area (TPSA) is 135 Å². The Morgan fingerprint density at radius 3 is 2.00 bits per heavy atom. The largest absolute Gasteiger partial charge is 0.472 e. The van der Waals surface area contributed by atoms with Gasteiger partial charge >= 0.3 is 24.5 Å². The molecule has 0 spiro atoms. The van der Waals surface area contributed by atoms with E-state index in [0.717, 1.165) is 12.3 Å². The van der Waals surface area contributed by atoms with E-state index in [1.807, 2.05) is 0 Å². The minimum absolute atomic E-state index is 0.0314. The first kappa shape index (κ1) is 39.1. The number of rotatable bonds is 5. The third kappa shape index (κ3) is 10.8. The molecule has 49 heavy (non-hydrogen) atoms. The van der Waals surface area contributed by atoms with Gasteiger partial charge < -0.3 is 28.7 Å². The number of anilines is 2. The summed E-state index contributed by atoms with van der Waals surface area (Å²) in [6, 6.07) is 0.813. The molecule has 1 saturated heterocycles. The lowest BCUT2D eigenvalue weighted by molar-refractivity contribution is -0.137. The second-order valence-electron chi connectivity index (χ2n) is 14.6. The van der Waals surface area contributed by atoms with Gasteiger partial charge in [-0.15, -0.1) is 0 Å². The molecule has 1 fully saturated rings. The molecule has 1 aromatic rings. The van der Waals surface area contributed by atoms with Crippen LogP contribution in [0.4, 0.5) is 39.1 Å². The monoisotopic (exact) mass is 696 g/mol. The van der Waals surface area contributed by atoms with E-state index in [0.29, 0.717) is 30.7 Å². The molecule has 1 atom stereocenters. The van der Waals surface area contributed by atoms with Crippen LogP contribution in [0.2, 0.25) is 0 Å². The second kappa shape index (κ2) is 14.6. The van der Waals surface area contributed by atoms with E-state index in [4.69, 9.17) is 18.9 Å². The van der Waals surface area contributed by atoms with Gasteiger partial charge in [-0.2, -0.15) is 18.1 Å². The van der Waals surface area contributed by atoms with Crippen molar-refractivity contribution < 1.29 is 46.5 Å². The Morgan fingerprint density at radius 1 is 0.939 bits per heavy atom. The zero-order valence-electron chi connectivity index (χ0n) is 29.9. The standard InChI is InChI=1S/C33H47F3N6O7/c1-30(2,3)47-27(43)41-14-12-21(18-41)46-26(38-11)22-19-40(15-13-24(22)37-10)20-16-23(33(34,35)36)25(39-17-20)42(28(44)48-31(4,5)6)29(45)49-32(7,8)9/h16-17,21H,10,12-15,18-19H2,1-9,11H3/b38-26+/t21-/m0/s1. The Hall–Kier alpha value is -4.37. The maximum absolute atomic E-state index is 14.6. The van der Waals surface area contributed by atoms with Crippen LogP contribution in [-0.2, 0) is 25.1 Å². The van der Waals surface area contributed by atoms with Crippen LogP contribution in [0.5, 0.6) is 0 Å². The normalized spacial score (nSPS) is 17.9. The van der Waals surface area contributed by atoms with Crippen molar-refractivity contribution in [1.29, 1.82) is 0 Å². The number of likely N-dealkylation sites (tertiary alicyclic amines) is 1. The molecule has 3 heterocycles. The summed E-state index contributed by atoms with van der Waals surface area (Å²) >= 11 is 0. The summed E-state index contributed by atoms with van der Waals surface area (Å²) in [5, 5.41) is 0. The third-order valence-corrected chi connectivity index (χ3v) is 6.93. The van der Waals surface area contributed by atoms with Crippen LogP contribution >= 0.6 is 0 Å². The molecule has 2 aliphatic heterocycles. The zero-order chi connectivity index (χ0) is 37.1. The minimum Gasteiger partial charge on any atom is -0.472 e. The Morgan fingerprint density at radius 2 is 1.51 bits per heavy atom. The van der Waals surface area contributed by atoms with Crippen molar-refractivity contribution >= 4 is 42.4 Å². The fourth-order valence-corrected chi connectivity index (χ4v) is 4.94. The van der Waals surface area contributed by atoms with Crippen LogP contribution in [0, 0.1) is 0 Å². The predicted octanol–water partition coefficient (Wildman–Crippen LogP) is 7.00. The maximum atomic E-state index is 14.6. The molecule has 0 unspecified atom stereocenters. The van der Waals surface area contributed by atoms with Crippen molar-refractivity contribution in [3.63, 3.8) is 0 Å². The molecule has 0 aromatic carbocycles. The van der Waals surface area contributed by atoms with Gasteiger partial charge in [-0.3, -0.25) is 9.98 Å². The van der Waals surface area contributed by atoms with Gasteiger partial charge in [0.25, 0.3) is 0 Å². The number of imide groups is 1. The molecule has 0 N–H and O–H groups in total. The smallest absolute Gasteiger partial charge is 0.425 e. The molecule has 0 saturated carbocycles. The minimum atomic E-state index is -5.04. The number of alkyl halides is 3. The molecule has 0 aliphatic carbocycles. The van der Waals surface area contributed by atoms with Gasteiger partial charge in [0.15, 0.2) is 5.82 Å². The Balaban J connectivity index is 1.94. The summed E-state index contributed by atoms with van der Waals surface area (Å²) in [4.78, 5) is 54.6. The Labute approximate surface area is 285 Å². The number of ether oxygens (including phenoxy) is 4. The number of nitrogens with zero attached hydrogens (tertiary/aromatic N) is 6. The molecule has 16 heteroatoms. The first-order valence-corrected chi connectivity index (χ1v) is 15.8. The summed E-state index contributed by atoms with van der Waals surface area (Å²) in [6.07, 6.45) is -6.73. The van der Waals surface area contributed by atoms with E-state index >= 15 is 0 Å². The van der Waals surface area contributed by atoms with E-state index in [1.54, 1.807) is 30.6 Å². The number of aliphatic imine (C=N–C) groups is 2. The number of carbonyl (C=O) groups is 3. The quantitative estimate of drug-likeness (QED) is 0.181. The first-order valence-electron chi connectivity index (χ1n) is 15.8. The average molecular weight is 697 g/mol. The molecule has 0 radical (unpaired) electrons. The van der Waals surface area contributed by atoms with E-state index in [2.05, 4.69) is 21.7 Å². The molecule has 3 amide bonds. The van der Waals surface area contributed by atoms with E-state index in [1.165, 1.54) is 48.6 Å². The molecule has 2 aliphatic rings. The third-order valence-electron chi connectivity index (χ3n) is 6.93. The summed E-state index contributed by atoms with van der Waals surface area (Å²) in [5.74, 6) is -0.777. The van der Waals surface area contributed by atoms with Crippen LogP contribution in [0.25, 0.3) is 0 Å². The van der Waals surface area contributed by atoms with Gasteiger partial charge in [0.2, 0.25) is 5.90 Å². The van der Waals surface area contributed by atoms with E-state index < -0.39 is 58.7 Å². The van der Waals surface area contributed by atoms with Crippen molar-refractivity contribution in [2.75, 3.05) is 43.0 Å². The number of hydrogen-bond donors (Lipinski definition) is 0. The molecular formula is C33H47F3N6O7. The number of halogens is 3. The predicted molar refractivity (Wildman–Crippen MR) is 178 cm³/mol. The van der Waals surface area contributed by atoms with Crippen molar-refractivity contribution in [2.45, 2.75) is 104 Å². The average Bonchev–Trinajstić information content (AvgIpc) is 3.41. The molecule has 13 nitrogen and oxygen atoms in total. The molecule has 1 aromatic heterocycles. The fraction of sp³-hybridized carbons (Fsp3) is 0.636. The van der Waals surface area contributed by atoms with Gasteiger partial charge in [0.1, 0.15) is 28.5 Å². The molecule has 0 bridgehead atoms. The SMILES string of the molecule is C=NC1=C(/C(=N\C)O[C@H]2CCN(C(=O)OC(C)(C)C)C2)CN(c2cnc(N(C(=O)OC(C)(C)C)C(=O)OC(C)(C)C)c(C(F)(F)F)c2)CC1. The van der Waals surface area contributed by atoms with Crippen LogP contribution in [0.3, 0.4) is 0 Å². The number of amides is 3. The van der Waals surface area contributed by atoms with Crippen LogP contribution < -0.4 is 9.80 Å². The maximum Gasteiger partial charge on any atom is 0.425 e.